The number of carbonyl (C=O) groups excluding carboxylic acids is 1. The van der Waals surface area contributed by atoms with E-state index in [1.807, 2.05) is 49.1 Å². The van der Waals surface area contributed by atoms with E-state index in [9.17, 15) is 4.79 Å². The Morgan fingerprint density at radius 1 is 1.16 bits per heavy atom. The molecule has 3 heterocycles. The van der Waals surface area contributed by atoms with Crippen molar-refractivity contribution in [3.63, 3.8) is 0 Å². The van der Waals surface area contributed by atoms with E-state index in [0.29, 0.717) is 13.1 Å². The Hall–Kier alpha value is -3.03. The van der Waals surface area contributed by atoms with E-state index in [0.717, 1.165) is 52.4 Å². The van der Waals surface area contributed by atoms with Gasteiger partial charge in [-0.3, -0.25) is 4.90 Å². The van der Waals surface area contributed by atoms with Crippen molar-refractivity contribution in [3.05, 3.63) is 64.6 Å². The van der Waals surface area contributed by atoms with Crippen LogP contribution in [-0.2, 0) is 6.54 Å². The fourth-order valence-corrected chi connectivity index (χ4v) is 4.49. The number of aryl methyl sites for hydroxylation is 1. The SMILES string of the molecule is Cc1ccc2[nH]c(C(C)NC(=O)N3CCN(Cc4c[nH]c5ccc(Cl)cc45)CC3)nc2c1. The molecule has 1 aliphatic heterocycles. The van der Waals surface area contributed by atoms with Crippen LogP contribution in [0.5, 0.6) is 0 Å². The van der Waals surface area contributed by atoms with Crippen molar-refractivity contribution >= 4 is 39.6 Å². The molecule has 166 valence electrons. The lowest BCUT2D eigenvalue weighted by atomic mass is 10.1. The van der Waals surface area contributed by atoms with E-state index < -0.39 is 0 Å². The number of carbonyl (C=O) groups is 1. The van der Waals surface area contributed by atoms with Gasteiger partial charge in [-0.1, -0.05) is 17.7 Å². The number of aromatic nitrogens is 3. The van der Waals surface area contributed by atoms with Gasteiger partial charge in [0.05, 0.1) is 17.1 Å². The molecule has 1 unspecified atom stereocenters. The molecule has 1 atom stereocenters. The first-order valence-electron chi connectivity index (χ1n) is 11.0. The van der Waals surface area contributed by atoms with Gasteiger partial charge in [-0.05, 0) is 55.3 Å². The summed E-state index contributed by atoms with van der Waals surface area (Å²) in [5, 5.41) is 4.99. The van der Waals surface area contributed by atoms with E-state index in [4.69, 9.17) is 11.6 Å². The molecule has 0 radical (unpaired) electrons. The molecule has 0 saturated carbocycles. The van der Waals surface area contributed by atoms with Gasteiger partial charge >= 0.3 is 6.03 Å². The quantitative estimate of drug-likeness (QED) is 0.425. The summed E-state index contributed by atoms with van der Waals surface area (Å²) in [7, 11) is 0. The third-order valence-corrected chi connectivity index (χ3v) is 6.43. The highest BCUT2D eigenvalue weighted by Crippen LogP contribution is 2.24. The van der Waals surface area contributed by atoms with Crippen molar-refractivity contribution in [1.82, 2.24) is 30.1 Å². The van der Waals surface area contributed by atoms with Crippen LogP contribution in [-0.4, -0.2) is 57.0 Å². The number of urea groups is 1. The fourth-order valence-electron chi connectivity index (χ4n) is 4.32. The molecule has 2 aromatic heterocycles. The Kier molecular flexibility index (Phi) is 5.53. The Balaban J connectivity index is 1.17. The lowest BCUT2D eigenvalue weighted by Gasteiger charge is -2.35. The van der Waals surface area contributed by atoms with Crippen LogP contribution >= 0.6 is 11.6 Å². The molecule has 7 nitrogen and oxygen atoms in total. The molecule has 32 heavy (non-hydrogen) atoms. The molecule has 1 fully saturated rings. The number of nitrogens with one attached hydrogen (secondary N) is 3. The van der Waals surface area contributed by atoms with E-state index in [1.54, 1.807) is 0 Å². The number of H-pyrrole nitrogens is 2. The summed E-state index contributed by atoms with van der Waals surface area (Å²) in [6.07, 6.45) is 2.05. The second kappa shape index (κ2) is 8.48. The molecule has 1 aliphatic rings. The summed E-state index contributed by atoms with van der Waals surface area (Å²) in [5.41, 5.74) is 5.40. The Bertz CT molecular complexity index is 1270. The molecule has 2 amide bonds. The average molecular weight is 451 g/mol. The van der Waals surface area contributed by atoms with Crippen LogP contribution in [0.3, 0.4) is 0 Å². The van der Waals surface area contributed by atoms with E-state index >= 15 is 0 Å². The number of piperazine rings is 1. The summed E-state index contributed by atoms with van der Waals surface area (Å²) in [6, 6.07) is 11.8. The van der Waals surface area contributed by atoms with Crippen LogP contribution in [0, 0.1) is 6.92 Å². The van der Waals surface area contributed by atoms with Crippen LogP contribution in [0.1, 0.15) is 29.9 Å². The van der Waals surface area contributed by atoms with Crippen molar-refractivity contribution in [2.75, 3.05) is 26.2 Å². The standard InChI is InChI=1S/C24H27ClN6O/c1-15-3-5-21-22(11-15)29-23(28-21)16(2)27-24(32)31-9-7-30(8-10-31)14-17-13-26-20-6-4-18(25)12-19(17)20/h3-6,11-13,16,26H,7-10,14H2,1-2H3,(H,27,32)(H,28,29). The van der Waals surface area contributed by atoms with Gasteiger partial charge in [0.1, 0.15) is 5.82 Å². The summed E-state index contributed by atoms with van der Waals surface area (Å²) in [4.78, 5) is 28.4. The minimum Gasteiger partial charge on any atom is -0.361 e. The topological polar surface area (TPSA) is 80.0 Å². The number of halogens is 1. The number of benzene rings is 2. The lowest BCUT2D eigenvalue weighted by molar-refractivity contribution is 0.133. The summed E-state index contributed by atoms with van der Waals surface area (Å²) < 4.78 is 0. The number of fused-ring (bicyclic) bond motifs is 2. The van der Waals surface area contributed by atoms with Crippen LogP contribution < -0.4 is 5.32 Å². The van der Waals surface area contributed by atoms with Gasteiger partial charge in [-0.15, -0.1) is 0 Å². The van der Waals surface area contributed by atoms with Crippen LogP contribution in [0.4, 0.5) is 4.79 Å². The molecule has 8 heteroatoms. The Morgan fingerprint density at radius 3 is 2.75 bits per heavy atom. The van der Waals surface area contributed by atoms with Gasteiger partial charge in [-0.2, -0.15) is 0 Å². The normalized spacial score (nSPS) is 16.0. The predicted octanol–water partition coefficient (Wildman–Crippen LogP) is 4.59. The number of aromatic amines is 2. The van der Waals surface area contributed by atoms with Gasteiger partial charge in [0, 0.05) is 54.8 Å². The monoisotopic (exact) mass is 450 g/mol. The van der Waals surface area contributed by atoms with E-state index in [2.05, 4.69) is 37.4 Å². The molecule has 2 aromatic carbocycles. The molecule has 4 aromatic rings. The maximum Gasteiger partial charge on any atom is 0.318 e. The van der Waals surface area contributed by atoms with Crippen LogP contribution in [0.15, 0.2) is 42.6 Å². The van der Waals surface area contributed by atoms with Crippen molar-refractivity contribution in [2.45, 2.75) is 26.4 Å². The first kappa shape index (κ1) is 20.8. The fraction of sp³-hybridized carbons (Fsp3) is 0.333. The highest BCUT2D eigenvalue weighted by atomic mass is 35.5. The van der Waals surface area contributed by atoms with Crippen molar-refractivity contribution < 1.29 is 4.79 Å². The van der Waals surface area contributed by atoms with Crippen LogP contribution in [0.25, 0.3) is 21.9 Å². The molecule has 0 spiro atoms. The summed E-state index contributed by atoms with van der Waals surface area (Å²) in [6.45, 7) is 7.90. The molecule has 5 rings (SSSR count). The molecule has 0 bridgehead atoms. The minimum atomic E-state index is -0.191. The second-order valence-corrected chi connectivity index (χ2v) is 9.02. The third-order valence-electron chi connectivity index (χ3n) is 6.19. The largest absolute Gasteiger partial charge is 0.361 e. The molecule has 3 N–H and O–H groups in total. The average Bonchev–Trinajstić information content (AvgIpc) is 3.38. The van der Waals surface area contributed by atoms with Gasteiger partial charge in [0.15, 0.2) is 0 Å². The third kappa shape index (κ3) is 4.18. The maximum atomic E-state index is 12.8. The summed E-state index contributed by atoms with van der Waals surface area (Å²) in [5.74, 6) is 0.774. The Labute approximate surface area is 191 Å². The van der Waals surface area contributed by atoms with Crippen molar-refractivity contribution in [3.8, 4) is 0 Å². The van der Waals surface area contributed by atoms with Crippen molar-refractivity contribution in [2.24, 2.45) is 0 Å². The number of imidazole rings is 1. The van der Waals surface area contributed by atoms with Crippen molar-refractivity contribution in [1.29, 1.82) is 0 Å². The number of nitrogens with zero attached hydrogens (tertiary/aromatic N) is 3. The molecule has 1 saturated heterocycles. The maximum absolute atomic E-state index is 12.8. The molecular weight excluding hydrogens is 424 g/mol. The van der Waals surface area contributed by atoms with Gasteiger partial charge in [0.2, 0.25) is 0 Å². The zero-order chi connectivity index (χ0) is 22.2. The zero-order valence-corrected chi connectivity index (χ0v) is 19.0. The zero-order valence-electron chi connectivity index (χ0n) is 18.3. The highest BCUT2D eigenvalue weighted by molar-refractivity contribution is 6.31. The highest BCUT2D eigenvalue weighted by Gasteiger charge is 2.24. The number of amides is 2. The summed E-state index contributed by atoms with van der Waals surface area (Å²) >= 11 is 6.17. The number of rotatable bonds is 4. The van der Waals surface area contributed by atoms with Crippen LogP contribution in [0.2, 0.25) is 5.02 Å². The first-order valence-corrected chi connectivity index (χ1v) is 11.3. The van der Waals surface area contributed by atoms with Gasteiger partial charge < -0.3 is 20.2 Å². The number of hydrogen-bond donors (Lipinski definition) is 3. The van der Waals surface area contributed by atoms with E-state index in [1.165, 1.54) is 11.1 Å². The van der Waals surface area contributed by atoms with Gasteiger partial charge in [-0.25, -0.2) is 9.78 Å². The molecule has 0 aliphatic carbocycles. The lowest BCUT2D eigenvalue weighted by Crippen LogP contribution is -2.51. The molecular formula is C24H27ClN6O. The number of hydrogen-bond acceptors (Lipinski definition) is 3. The Morgan fingerprint density at radius 2 is 1.94 bits per heavy atom. The first-order chi connectivity index (χ1) is 15.5. The smallest absolute Gasteiger partial charge is 0.318 e. The predicted molar refractivity (Wildman–Crippen MR) is 128 cm³/mol. The second-order valence-electron chi connectivity index (χ2n) is 8.58. The van der Waals surface area contributed by atoms with E-state index in [-0.39, 0.29) is 12.1 Å². The minimum absolute atomic E-state index is 0.0485. The van der Waals surface area contributed by atoms with Gasteiger partial charge in [0.25, 0.3) is 0 Å².